The van der Waals surface area contributed by atoms with Crippen molar-refractivity contribution in [3.05, 3.63) is 45.5 Å². The molecule has 0 saturated heterocycles. The number of aliphatic hydroxyl groups is 1. The third-order valence-electron chi connectivity index (χ3n) is 3.69. The van der Waals surface area contributed by atoms with Gasteiger partial charge in [-0.05, 0) is 31.5 Å². The van der Waals surface area contributed by atoms with Crippen LogP contribution in [0.5, 0.6) is 0 Å². The topological polar surface area (TPSA) is 75.0 Å². The van der Waals surface area contributed by atoms with Crippen LogP contribution < -0.4 is 5.49 Å². The summed E-state index contributed by atoms with van der Waals surface area (Å²) in [6.45, 7) is 4.26. The van der Waals surface area contributed by atoms with E-state index in [1.807, 2.05) is 38.2 Å². The Morgan fingerprint density at radius 3 is 2.86 bits per heavy atom. The molecule has 2 heterocycles. The number of fused-ring (bicyclic) bond motifs is 1. The van der Waals surface area contributed by atoms with Crippen LogP contribution in [0.2, 0.25) is 0 Å². The summed E-state index contributed by atoms with van der Waals surface area (Å²) in [6.07, 6.45) is 1.81. The fraction of sp³-hybridized carbons (Fsp3) is 0.250. The highest BCUT2D eigenvalue weighted by Gasteiger charge is 2.15. The zero-order valence-corrected chi connectivity index (χ0v) is 13.9. The number of pyridine rings is 1. The Balaban J connectivity index is 2.26. The minimum atomic E-state index is -0.0169. The molecule has 2 aromatic heterocycles. The summed E-state index contributed by atoms with van der Waals surface area (Å²) in [6, 6.07) is 5.85. The largest absolute Gasteiger partial charge is 0.436 e. The highest BCUT2D eigenvalue weighted by molar-refractivity contribution is 9.10. The first-order valence-electron chi connectivity index (χ1n) is 6.94. The molecular weight excluding hydrogens is 346 g/mol. The molecule has 114 valence electrons. The van der Waals surface area contributed by atoms with Gasteiger partial charge in [0.05, 0.1) is 6.61 Å². The third-order valence-corrected chi connectivity index (χ3v) is 4.54. The van der Waals surface area contributed by atoms with Crippen molar-refractivity contribution in [1.29, 1.82) is 5.41 Å². The number of nitrogens with zero attached hydrogens (tertiary/aromatic N) is 2. The van der Waals surface area contributed by atoms with Gasteiger partial charge in [0.25, 0.3) is 0 Å². The number of aryl methyl sites for hydroxylation is 1. The molecule has 3 aromatic rings. The summed E-state index contributed by atoms with van der Waals surface area (Å²) in [4.78, 5) is 4.51. The first-order chi connectivity index (χ1) is 10.5. The average Bonchev–Trinajstić information content (AvgIpc) is 2.93. The monoisotopic (exact) mass is 361 g/mol. The van der Waals surface area contributed by atoms with Gasteiger partial charge >= 0.3 is 0 Å². The minimum Gasteiger partial charge on any atom is -0.436 e. The lowest BCUT2D eigenvalue weighted by molar-refractivity contribution is 0.273. The minimum absolute atomic E-state index is 0.0169. The first kappa shape index (κ1) is 15.0. The van der Waals surface area contributed by atoms with Crippen LogP contribution in [0, 0.1) is 19.3 Å². The highest BCUT2D eigenvalue weighted by Crippen LogP contribution is 2.30. The van der Waals surface area contributed by atoms with Crippen molar-refractivity contribution < 1.29 is 9.52 Å². The average molecular weight is 362 g/mol. The van der Waals surface area contributed by atoms with Gasteiger partial charge in [0.2, 0.25) is 5.89 Å². The van der Waals surface area contributed by atoms with Gasteiger partial charge in [0, 0.05) is 28.3 Å². The van der Waals surface area contributed by atoms with Gasteiger partial charge in [-0.25, -0.2) is 4.98 Å². The molecule has 0 aliphatic rings. The van der Waals surface area contributed by atoms with Gasteiger partial charge in [0.15, 0.2) is 16.6 Å². The number of benzene rings is 1. The van der Waals surface area contributed by atoms with Gasteiger partial charge in [-0.1, -0.05) is 22.0 Å². The van der Waals surface area contributed by atoms with Crippen molar-refractivity contribution in [3.63, 3.8) is 0 Å². The van der Waals surface area contributed by atoms with Gasteiger partial charge in [-0.2, -0.15) is 0 Å². The van der Waals surface area contributed by atoms with Gasteiger partial charge in [-0.3, -0.25) is 5.41 Å². The van der Waals surface area contributed by atoms with Crippen molar-refractivity contribution in [2.75, 3.05) is 6.61 Å². The lowest BCUT2D eigenvalue weighted by Crippen LogP contribution is -2.22. The van der Waals surface area contributed by atoms with E-state index in [2.05, 4.69) is 20.9 Å². The van der Waals surface area contributed by atoms with Crippen LogP contribution in [-0.4, -0.2) is 21.3 Å². The highest BCUT2D eigenvalue weighted by atomic mass is 79.9. The number of hydrogen-bond donors (Lipinski definition) is 2. The molecule has 0 spiro atoms. The Bertz CT molecular complexity index is 912. The summed E-state index contributed by atoms with van der Waals surface area (Å²) in [5, 5.41) is 17.3. The SMILES string of the molecule is Cc1c(Br)cccc1-c1nc2c(=N)n(CCO)cc(C)c2o1. The number of oxazole rings is 1. The summed E-state index contributed by atoms with van der Waals surface area (Å²) >= 11 is 3.51. The van der Waals surface area contributed by atoms with E-state index in [4.69, 9.17) is 14.9 Å². The van der Waals surface area contributed by atoms with Crippen molar-refractivity contribution in [3.8, 4) is 11.5 Å². The number of aromatic nitrogens is 2. The summed E-state index contributed by atoms with van der Waals surface area (Å²) in [5.74, 6) is 0.507. The molecule has 0 radical (unpaired) electrons. The van der Waals surface area contributed by atoms with E-state index in [1.165, 1.54) is 0 Å². The van der Waals surface area contributed by atoms with Crippen molar-refractivity contribution in [2.45, 2.75) is 20.4 Å². The van der Waals surface area contributed by atoms with Crippen LogP contribution in [0.1, 0.15) is 11.1 Å². The predicted molar refractivity (Wildman–Crippen MR) is 87.5 cm³/mol. The molecule has 1 aromatic carbocycles. The number of rotatable bonds is 3. The maximum atomic E-state index is 9.10. The molecule has 0 atom stereocenters. The normalized spacial score (nSPS) is 11.3. The molecule has 0 aliphatic heterocycles. The maximum absolute atomic E-state index is 9.10. The van der Waals surface area contributed by atoms with E-state index in [-0.39, 0.29) is 12.1 Å². The lowest BCUT2D eigenvalue weighted by Gasteiger charge is -2.05. The molecule has 0 unspecified atom stereocenters. The summed E-state index contributed by atoms with van der Waals surface area (Å²) in [7, 11) is 0. The molecule has 22 heavy (non-hydrogen) atoms. The van der Waals surface area contributed by atoms with Gasteiger partial charge < -0.3 is 14.1 Å². The maximum Gasteiger partial charge on any atom is 0.227 e. The van der Waals surface area contributed by atoms with E-state index in [0.717, 1.165) is 21.2 Å². The summed E-state index contributed by atoms with van der Waals surface area (Å²) < 4.78 is 8.58. The number of nitrogens with one attached hydrogen (secondary N) is 1. The molecule has 0 saturated carbocycles. The molecule has 5 nitrogen and oxygen atoms in total. The second-order valence-corrected chi connectivity index (χ2v) is 6.04. The van der Waals surface area contributed by atoms with Crippen molar-refractivity contribution in [2.24, 2.45) is 0 Å². The zero-order valence-electron chi connectivity index (χ0n) is 12.4. The number of hydrogen-bond acceptors (Lipinski definition) is 4. The molecule has 0 bridgehead atoms. The fourth-order valence-electron chi connectivity index (χ4n) is 2.48. The molecular formula is C16H16BrN3O2. The van der Waals surface area contributed by atoms with Crippen LogP contribution in [0.25, 0.3) is 22.6 Å². The van der Waals surface area contributed by atoms with Crippen LogP contribution in [0.15, 0.2) is 33.3 Å². The predicted octanol–water partition coefficient (Wildman–Crippen LogP) is 3.15. The Labute approximate surface area is 135 Å². The third kappa shape index (κ3) is 2.38. The van der Waals surface area contributed by atoms with Crippen molar-refractivity contribution in [1.82, 2.24) is 9.55 Å². The van der Waals surface area contributed by atoms with Crippen molar-refractivity contribution >= 4 is 27.0 Å². The van der Waals surface area contributed by atoms with Gasteiger partial charge in [-0.15, -0.1) is 0 Å². The molecule has 3 rings (SSSR count). The van der Waals surface area contributed by atoms with Crippen LogP contribution in [-0.2, 0) is 6.54 Å². The van der Waals surface area contributed by atoms with E-state index in [9.17, 15) is 0 Å². The van der Waals surface area contributed by atoms with E-state index in [0.29, 0.717) is 23.5 Å². The van der Waals surface area contributed by atoms with E-state index < -0.39 is 0 Å². The molecule has 0 aliphatic carbocycles. The molecule has 6 heteroatoms. The second kappa shape index (κ2) is 5.70. The second-order valence-electron chi connectivity index (χ2n) is 5.19. The van der Waals surface area contributed by atoms with E-state index >= 15 is 0 Å². The lowest BCUT2D eigenvalue weighted by atomic mass is 10.1. The quantitative estimate of drug-likeness (QED) is 0.752. The standard InChI is InChI=1S/C16H16BrN3O2/c1-9-8-20(6-7-21)15(18)13-14(9)22-16(19-13)11-4-3-5-12(17)10(11)2/h3-5,8,18,21H,6-7H2,1-2H3. The van der Waals surface area contributed by atoms with E-state index in [1.54, 1.807) is 4.57 Å². The first-order valence-corrected chi connectivity index (χ1v) is 7.73. The zero-order chi connectivity index (χ0) is 15.9. The molecule has 0 fully saturated rings. The fourth-order valence-corrected chi connectivity index (χ4v) is 2.85. The number of halogens is 1. The molecule has 2 N–H and O–H groups in total. The Morgan fingerprint density at radius 1 is 1.36 bits per heavy atom. The number of aliphatic hydroxyl groups excluding tert-OH is 1. The van der Waals surface area contributed by atoms with Crippen LogP contribution >= 0.6 is 15.9 Å². The van der Waals surface area contributed by atoms with Crippen LogP contribution in [0.4, 0.5) is 0 Å². The Hall–Kier alpha value is -1.92. The van der Waals surface area contributed by atoms with Crippen LogP contribution in [0.3, 0.4) is 0 Å². The summed E-state index contributed by atoms with van der Waals surface area (Å²) in [5.41, 5.74) is 4.22. The Kier molecular flexibility index (Phi) is 3.88. The smallest absolute Gasteiger partial charge is 0.227 e. The molecule has 0 amide bonds. The van der Waals surface area contributed by atoms with Gasteiger partial charge in [0.1, 0.15) is 0 Å². The Morgan fingerprint density at radius 2 is 2.14 bits per heavy atom.